The minimum atomic E-state index is -3.08. The van der Waals surface area contributed by atoms with Gasteiger partial charge in [-0.3, -0.25) is 0 Å². The van der Waals surface area contributed by atoms with Gasteiger partial charge in [-0.15, -0.1) is 12.4 Å². The van der Waals surface area contributed by atoms with Crippen molar-refractivity contribution in [3.8, 4) is 0 Å². The van der Waals surface area contributed by atoms with E-state index in [2.05, 4.69) is 0 Å². The fraction of sp³-hybridized carbons (Fsp3) is 0.467. The van der Waals surface area contributed by atoms with Crippen LogP contribution in [0.25, 0.3) is 0 Å². The van der Waals surface area contributed by atoms with E-state index in [0.717, 1.165) is 31.4 Å². The van der Waals surface area contributed by atoms with Gasteiger partial charge in [-0.05, 0) is 43.4 Å². The number of allylic oxidation sites excluding steroid dienone is 1. The molecule has 2 rings (SSSR count). The van der Waals surface area contributed by atoms with Gasteiger partial charge >= 0.3 is 0 Å². The van der Waals surface area contributed by atoms with E-state index in [1.807, 2.05) is 30.3 Å². The smallest absolute Gasteiger partial charge is 0.217 e. The van der Waals surface area contributed by atoms with Crippen molar-refractivity contribution in [2.24, 2.45) is 0 Å². The Hall–Kier alpha value is -1.04. The molecule has 0 amide bonds. The summed E-state index contributed by atoms with van der Waals surface area (Å²) in [7, 11) is -3.08. The van der Waals surface area contributed by atoms with E-state index >= 15 is 0 Å². The Morgan fingerprint density at radius 2 is 1.71 bits per heavy atom. The molecule has 1 aliphatic heterocycles. The van der Waals surface area contributed by atoms with Crippen LogP contribution in [0.3, 0.4) is 0 Å². The molecule has 0 radical (unpaired) electrons. The normalized spacial score (nSPS) is 16.2. The second kappa shape index (κ2) is 8.41. The third-order valence-electron chi connectivity index (χ3n) is 3.51. The molecule has 0 aromatic heterocycles. The van der Waals surface area contributed by atoms with E-state index in [1.54, 1.807) is 10.4 Å². The number of aryl methyl sites for hydroxylation is 1. The summed E-state index contributed by atoms with van der Waals surface area (Å²) in [5.41, 5.74) is 7.60. The van der Waals surface area contributed by atoms with Gasteiger partial charge in [-0.25, -0.2) is 12.7 Å². The Kier molecular flexibility index (Phi) is 7.22. The zero-order valence-electron chi connectivity index (χ0n) is 12.1. The first kappa shape index (κ1) is 18.0. The molecule has 21 heavy (non-hydrogen) atoms. The molecule has 4 nitrogen and oxygen atoms in total. The summed E-state index contributed by atoms with van der Waals surface area (Å²) in [6, 6.07) is 7.78. The molecule has 0 unspecified atom stereocenters. The van der Waals surface area contributed by atoms with E-state index < -0.39 is 10.0 Å². The molecule has 6 heteroatoms. The maximum atomic E-state index is 12.0. The van der Waals surface area contributed by atoms with Crippen LogP contribution in [0.2, 0.25) is 0 Å². The van der Waals surface area contributed by atoms with Crippen molar-refractivity contribution in [1.82, 2.24) is 4.31 Å². The lowest BCUT2D eigenvalue weighted by Crippen LogP contribution is -2.29. The van der Waals surface area contributed by atoms with Crippen molar-refractivity contribution in [2.45, 2.75) is 25.7 Å². The van der Waals surface area contributed by atoms with E-state index in [0.29, 0.717) is 13.1 Å². The molecule has 1 heterocycles. The number of anilines is 1. The van der Waals surface area contributed by atoms with Crippen LogP contribution in [-0.2, 0) is 16.4 Å². The number of nitrogens with zero attached hydrogens (tertiary/aromatic N) is 1. The number of halogens is 1. The van der Waals surface area contributed by atoms with Crippen molar-refractivity contribution in [3.63, 3.8) is 0 Å². The Bertz CT molecular complexity index is 550. The summed E-state index contributed by atoms with van der Waals surface area (Å²) in [4.78, 5) is 0. The van der Waals surface area contributed by atoms with Crippen LogP contribution in [0, 0.1) is 0 Å². The fourth-order valence-electron chi connectivity index (χ4n) is 2.31. The Morgan fingerprint density at radius 3 is 2.33 bits per heavy atom. The predicted molar refractivity (Wildman–Crippen MR) is 90.2 cm³/mol. The SMILES string of the molecule is Cl.Nc1ccc(CCC=CCS(=O)(=O)N2CCCC2)cc1. The van der Waals surface area contributed by atoms with Crippen LogP contribution in [0.4, 0.5) is 5.69 Å². The molecule has 0 saturated carbocycles. The first-order valence-corrected chi connectivity index (χ1v) is 8.66. The van der Waals surface area contributed by atoms with Crippen molar-refractivity contribution in [2.75, 3.05) is 24.6 Å². The molecule has 0 aliphatic carbocycles. The molecule has 1 fully saturated rings. The van der Waals surface area contributed by atoms with Gasteiger partial charge < -0.3 is 5.73 Å². The standard InChI is InChI=1S/C15H22N2O2S.ClH/c16-15-9-7-14(8-10-15)6-2-1-5-13-20(18,19)17-11-3-4-12-17;/h1,5,7-10H,2-4,6,11-13,16H2;1H. The van der Waals surface area contributed by atoms with E-state index in [-0.39, 0.29) is 18.2 Å². The zero-order chi connectivity index (χ0) is 14.4. The van der Waals surface area contributed by atoms with Crippen LogP contribution < -0.4 is 5.73 Å². The molecule has 0 spiro atoms. The van der Waals surface area contributed by atoms with Crippen LogP contribution in [-0.4, -0.2) is 31.6 Å². The minimum Gasteiger partial charge on any atom is -0.399 e. The quantitative estimate of drug-likeness (QED) is 0.644. The Balaban J connectivity index is 0.00000220. The lowest BCUT2D eigenvalue weighted by Gasteiger charge is -2.13. The average molecular weight is 331 g/mol. The highest BCUT2D eigenvalue weighted by Crippen LogP contribution is 2.13. The van der Waals surface area contributed by atoms with Gasteiger partial charge in [0.05, 0.1) is 5.75 Å². The average Bonchev–Trinajstić information content (AvgIpc) is 2.95. The van der Waals surface area contributed by atoms with Gasteiger partial charge in [0.1, 0.15) is 0 Å². The number of hydrogen-bond donors (Lipinski definition) is 1. The fourth-order valence-corrected chi connectivity index (χ4v) is 3.72. The van der Waals surface area contributed by atoms with Crippen LogP contribution in [0.1, 0.15) is 24.8 Å². The molecule has 0 bridgehead atoms. The van der Waals surface area contributed by atoms with Gasteiger partial charge in [0.2, 0.25) is 10.0 Å². The third-order valence-corrected chi connectivity index (χ3v) is 5.28. The number of benzene rings is 1. The third kappa shape index (κ3) is 5.69. The highest BCUT2D eigenvalue weighted by Gasteiger charge is 2.23. The van der Waals surface area contributed by atoms with Crippen molar-refractivity contribution < 1.29 is 8.42 Å². The summed E-state index contributed by atoms with van der Waals surface area (Å²) in [6.45, 7) is 1.36. The number of nitrogens with two attached hydrogens (primary N) is 1. The molecule has 1 aromatic carbocycles. The summed E-state index contributed by atoms with van der Waals surface area (Å²) < 4.78 is 25.5. The Morgan fingerprint density at radius 1 is 1.10 bits per heavy atom. The van der Waals surface area contributed by atoms with Crippen LogP contribution in [0.5, 0.6) is 0 Å². The van der Waals surface area contributed by atoms with Crippen molar-refractivity contribution >= 4 is 28.1 Å². The summed E-state index contributed by atoms with van der Waals surface area (Å²) in [5.74, 6) is 0.120. The first-order valence-electron chi connectivity index (χ1n) is 7.05. The van der Waals surface area contributed by atoms with Gasteiger partial charge in [-0.1, -0.05) is 24.3 Å². The highest BCUT2D eigenvalue weighted by molar-refractivity contribution is 7.89. The maximum Gasteiger partial charge on any atom is 0.217 e. The topological polar surface area (TPSA) is 63.4 Å². The van der Waals surface area contributed by atoms with E-state index in [9.17, 15) is 8.42 Å². The number of sulfonamides is 1. The van der Waals surface area contributed by atoms with Gasteiger partial charge in [0.15, 0.2) is 0 Å². The maximum absolute atomic E-state index is 12.0. The predicted octanol–water partition coefficient (Wildman–Crippen LogP) is 2.61. The van der Waals surface area contributed by atoms with Gasteiger partial charge in [0, 0.05) is 18.8 Å². The van der Waals surface area contributed by atoms with Crippen LogP contribution >= 0.6 is 12.4 Å². The number of hydrogen-bond acceptors (Lipinski definition) is 3. The zero-order valence-corrected chi connectivity index (χ0v) is 13.7. The molecule has 1 aliphatic rings. The second-order valence-electron chi connectivity index (χ2n) is 5.14. The first-order chi connectivity index (χ1) is 9.58. The number of nitrogen functional groups attached to an aromatic ring is 1. The molecular weight excluding hydrogens is 308 g/mol. The molecule has 118 valence electrons. The minimum absolute atomic E-state index is 0. The molecule has 2 N–H and O–H groups in total. The summed E-state index contributed by atoms with van der Waals surface area (Å²) >= 11 is 0. The second-order valence-corrected chi connectivity index (χ2v) is 7.15. The lowest BCUT2D eigenvalue weighted by molar-refractivity contribution is 0.480. The van der Waals surface area contributed by atoms with E-state index in [4.69, 9.17) is 5.73 Å². The van der Waals surface area contributed by atoms with Crippen molar-refractivity contribution in [1.29, 1.82) is 0 Å². The van der Waals surface area contributed by atoms with Gasteiger partial charge in [0.25, 0.3) is 0 Å². The molecule has 1 aromatic rings. The summed E-state index contributed by atoms with van der Waals surface area (Å²) in [5, 5.41) is 0. The molecular formula is C15H23ClN2O2S. The van der Waals surface area contributed by atoms with Crippen molar-refractivity contribution in [3.05, 3.63) is 42.0 Å². The largest absolute Gasteiger partial charge is 0.399 e. The number of rotatable bonds is 6. The highest BCUT2D eigenvalue weighted by atomic mass is 35.5. The van der Waals surface area contributed by atoms with Gasteiger partial charge in [-0.2, -0.15) is 0 Å². The molecule has 1 saturated heterocycles. The summed E-state index contributed by atoms with van der Waals surface area (Å²) in [6.07, 6.45) is 7.44. The monoisotopic (exact) mass is 330 g/mol. The lowest BCUT2D eigenvalue weighted by atomic mass is 10.1. The van der Waals surface area contributed by atoms with Crippen LogP contribution in [0.15, 0.2) is 36.4 Å². The molecule has 0 atom stereocenters. The van der Waals surface area contributed by atoms with E-state index in [1.165, 1.54) is 5.56 Å². The Labute approximate surface area is 133 Å².